The molecule has 0 radical (unpaired) electrons. The zero-order valence-corrected chi connectivity index (χ0v) is 13.8. The average Bonchev–Trinajstić information content (AvgIpc) is 2.54. The summed E-state index contributed by atoms with van der Waals surface area (Å²) in [6, 6.07) is 7.00. The van der Waals surface area contributed by atoms with E-state index in [0.29, 0.717) is 54.6 Å². The van der Waals surface area contributed by atoms with Crippen LogP contribution in [0.2, 0.25) is 10.0 Å². The number of morpholine rings is 1. The standard InChI is InChI=1S/C15H15Cl2N3O3/c16-14-3-1-2-12(15(14)17)13(10-20(21)22)11(8-18)9-19-4-6-23-7-5-19/h1-3H,4-7,9-10H2. The van der Waals surface area contributed by atoms with Gasteiger partial charge in [-0.05, 0) is 6.07 Å². The van der Waals surface area contributed by atoms with Crippen molar-refractivity contribution in [3.05, 3.63) is 49.5 Å². The maximum absolute atomic E-state index is 11.0. The second kappa shape index (κ2) is 8.27. The van der Waals surface area contributed by atoms with Gasteiger partial charge < -0.3 is 4.74 Å². The Labute approximate surface area is 144 Å². The SMILES string of the molecule is N#CC(CN1CCOCC1)=C(C[N+](=O)[O-])c1cccc(Cl)c1Cl. The highest BCUT2D eigenvalue weighted by Gasteiger charge is 2.21. The molecule has 0 N–H and O–H groups in total. The third-order valence-electron chi connectivity index (χ3n) is 3.55. The third kappa shape index (κ3) is 4.66. The van der Waals surface area contributed by atoms with Gasteiger partial charge in [0.1, 0.15) is 0 Å². The molecule has 0 amide bonds. The van der Waals surface area contributed by atoms with Crippen molar-refractivity contribution in [3.8, 4) is 6.07 Å². The maximum Gasteiger partial charge on any atom is 0.230 e. The van der Waals surface area contributed by atoms with Crippen molar-refractivity contribution < 1.29 is 9.66 Å². The first-order valence-electron chi connectivity index (χ1n) is 7.01. The lowest BCUT2D eigenvalue weighted by Crippen LogP contribution is -2.37. The molecule has 0 aromatic heterocycles. The average molecular weight is 356 g/mol. The molecule has 23 heavy (non-hydrogen) atoms. The Morgan fingerprint density at radius 1 is 1.39 bits per heavy atom. The smallest absolute Gasteiger partial charge is 0.230 e. The van der Waals surface area contributed by atoms with Crippen LogP contribution in [0.4, 0.5) is 0 Å². The first kappa shape index (κ1) is 17.7. The highest BCUT2D eigenvalue weighted by atomic mass is 35.5. The van der Waals surface area contributed by atoms with Crippen LogP contribution >= 0.6 is 23.2 Å². The number of ether oxygens (including phenoxy) is 1. The van der Waals surface area contributed by atoms with Crippen molar-refractivity contribution in [3.63, 3.8) is 0 Å². The topological polar surface area (TPSA) is 79.4 Å². The molecule has 0 unspecified atom stereocenters. The Morgan fingerprint density at radius 3 is 2.70 bits per heavy atom. The Bertz CT molecular complexity index is 664. The highest BCUT2D eigenvalue weighted by molar-refractivity contribution is 6.43. The summed E-state index contributed by atoms with van der Waals surface area (Å²) in [5.41, 5.74) is 1.06. The van der Waals surface area contributed by atoms with Gasteiger partial charge in [0.25, 0.3) is 0 Å². The number of nitriles is 1. The van der Waals surface area contributed by atoms with Crippen LogP contribution in [0.1, 0.15) is 5.56 Å². The van der Waals surface area contributed by atoms with Crippen molar-refractivity contribution in [1.29, 1.82) is 5.26 Å². The van der Waals surface area contributed by atoms with E-state index < -0.39 is 11.5 Å². The molecule has 2 rings (SSSR count). The van der Waals surface area contributed by atoms with Crippen molar-refractivity contribution >= 4 is 28.8 Å². The predicted octanol–water partition coefficient (Wildman–Crippen LogP) is 2.88. The normalized spacial score (nSPS) is 16.6. The number of benzene rings is 1. The van der Waals surface area contributed by atoms with Crippen LogP contribution in [-0.4, -0.2) is 49.2 Å². The molecule has 0 bridgehead atoms. The number of hydrogen-bond donors (Lipinski definition) is 0. The second-order valence-corrected chi connectivity index (χ2v) is 5.83. The molecule has 122 valence electrons. The molecule has 1 aromatic carbocycles. The molecular formula is C15H15Cl2N3O3. The number of hydrogen-bond acceptors (Lipinski definition) is 5. The minimum Gasteiger partial charge on any atom is -0.379 e. The lowest BCUT2D eigenvalue weighted by atomic mass is 9.99. The number of nitrogens with zero attached hydrogens (tertiary/aromatic N) is 3. The lowest BCUT2D eigenvalue weighted by Gasteiger charge is -2.26. The molecule has 0 aliphatic carbocycles. The van der Waals surface area contributed by atoms with Gasteiger partial charge in [0.05, 0.1) is 34.9 Å². The van der Waals surface area contributed by atoms with Gasteiger partial charge in [-0.3, -0.25) is 15.0 Å². The van der Waals surface area contributed by atoms with E-state index >= 15 is 0 Å². The molecule has 6 nitrogen and oxygen atoms in total. The fraction of sp³-hybridized carbons (Fsp3) is 0.400. The molecule has 8 heteroatoms. The molecule has 1 saturated heterocycles. The van der Waals surface area contributed by atoms with Crippen LogP contribution in [0.25, 0.3) is 5.57 Å². The van der Waals surface area contributed by atoms with E-state index in [4.69, 9.17) is 27.9 Å². The molecule has 0 saturated carbocycles. The molecule has 1 fully saturated rings. The van der Waals surface area contributed by atoms with E-state index in [0.717, 1.165) is 0 Å². The van der Waals surface area contributed by atoms with Crippen molar-refractivity contribution in [2.75, 3.05) is 39.4 Å². The van der Waals surface area contributed by atoms with E-state index in [9.17, 15) is 15.4 Å². The third-order valence-corrected chi connectivity index (χ3v) is 4.37. The van der Waals surface area contributed by atoms with Crippen LogP contribution in [0.5, 0.6) is 0 Å². The van der Waals surface area contributed by atoms with Crippen molar-refractivity contribution in [1.82, 2.24) is 4.90 Å². The Morgan fingerprint density at radius 2 is 2.09 bits per heavy atom. The Kier molecular flexibility index (Phi) is 6.37. The number of halogens is 2. The van der Waals surface area contributed by atoms with Gasteiger partial charge in [-0.15, -0.1) is 0 Å². The molecule has 1 aliphatic heterocycles. The summed E-state index contributed by atoms with van der Waals surface area (Å²) in [5, 5.41) is 21.1. The van der Waals surface area contributed by atoms with Gasteiger partial charge in [0, 0.05) is 35.7 Å². The van der Waals surface area contributed by atoms with E-state index in [1.807, 2.05) is 4.90 Å². The van der Waals surface area contributed by atoms with E-state index in [-0.39, 0.29) is 5.02 Å². The first-order valence-corrected chi connectivity index (χ1v) is 7.77. The van der Waals surface area contributed by atoms with E-state index in [2.05, 4.69) is 6.07 Å². The van der Waals surface area contributed by atoms with Crippen molar-refractivity contribution in [2.45, 2.75) is 0 Å². The summed E-state index contributed by atoms with van der Waals surface area (Å²) in [4.78, 5) is 12.6. The second-order valence-electron chi connectivity index (χ2n) is 5.05. The van der Waals surface area contributed by atoms with Gasteiger partial charge in [-0.1, -0.05) is 35.3 Å². The quantitative estimate of drug-likeness (QED) is 0.460. The highest BCUT2D eigenvalue weighted by Crippen LogP contribution is 2.32. The number of nitro groups is 1. The first-order chi connectivity index (χ1) is 11.0. The molecule has 0 spiro atoms. The van der Waals surface area contributed by atoms with Gasteiger partial charge in [0.15, 0.2) is 0 Å². The monoisotopic (exact) mass is 355 g/mol. The fourth-order valence-electron chi connectivity index (χ4n) is 2.39. The van der Waals surface area contributed by atoms with Gasteiger partial charge in [-0.2, -0.15) is 5.26 Å². The maximum atomic E-state index is 11.0. The van der Waals surface area contributed by atoms with Crippen LogP contribution in [-0.2, 0) is 4.74 Å². The molecule has 0 atom stereocenters. The van der Waals surface area contributed by atoms with E-state index in [1.165, 1.54) is 0 Å². The van der Waals surface area contributed by atoms with Gasteiger partial charge in [-0.25, -0.2) is 0 Å². The van der Waals surface area contributed by atoms with Crippen LogP contribution in [0, 0.1) is 21.4 Å². The van der Waals surface area contributed by atoms with Crippen LogP contribution in [0.3, 0.4) is 0 Å². The molecule has 1 aromatic rings. The largest absolute Gasteiger partial charge is 0.379 e. The minimum atomic E-state index is -0.479. The molecular weight excluding hydrogens is 341 g/mol. The summed E-state index contributed by atoms with van der Waals surface area (Å²) in [6.07, 6.45) is 0. The van der Waals surface area contributed by atoms with Gasteiger partial charge >= 0.3 is 0 Å². The summed E-state index contributed by atoms with van der Waals surface area (Å²) >= 11 is 12.2. The van der Waals surface area contributed by atoms with E-state index in [1.54, 1.807) is 18.2 Å². The Hall–Kier alpha value is -1.65. The summed E-state index contributed by atoms with van der Waals surface area (Å²) in [5.74, 6) is 0. The number of rotatable bonds is 5. The summed E-state index contributed by atoms with van der Waals surface area (Å²) in [6.45, 7) is 2.38. The van der Waals surface area contributed by atoms with Crippen LogP contribution < -0.4 is 0 Å². The summed E-state index contributed by atoms with van der Waals surface area (Å²) < 4.78 is 5.27. The summed E-state index contributed by atoms with van der Waals surface area (Å²) in [7, 11) is 0. The Balaban J connectivity index is 2.42. The minimum absolute atomic E-state index is 0.223. The molecule has 1 aliphatic rings. The zero-order valence-electron chi connectivity index (χ0n) is 12.3. The zero-order chi connectivity index (χ0) is 16.8. The van der Waals surface area contributed by atoms with Crippen molar-refractivity contribution in [2.24, 2.45) is 0 Å². The lowest BCUT2D eigenvalue weighted by molar-refractivity contribution is -0.465. The van der Waals surface area contributed by atoms with Gasteiger partial charge in [0.2, 0.25) is 6.54 Å². The van der Waals surface area contributed by atoms with Crippen LogP contribution in [0.15, 0.2) is 23.8 Å². The molecule has 1 heterocycles. The predicted molar refractivity (Wildman–Crippen MR) is 88.1 cm³/mol. The fourth-order valence-corrected chi connectivity index (χ4v) is 2.80.